The lowest BCUT2D eigenvalue weighted by atomic mass is 10.0. The third-order valence-electron chi connectivity index (χ3n) is 8.53. The number of Topliss-reactive ketones (excluding diaryl/α,β-unsaturated/α-hetero) is 1. The maximum atomic E-state index is 15.5. The van der Waals surface area contributed by atoms with Gasteiger partial charge in [0.15, 0.2) is 10.7 Å². The van der Waals surface area contributed by atoms with Gasteiger partial charge in [0, 0.05) is 30.3 Å². The van der Waals surface area contributed by atoms with Gasteiger partial charge >= 0.3 is 6.09 Å². The van der Waals surface area contributed by atoms with E-state index in [4.69, 9.17) is 9.72 Å². The highest BCUT2D eigenvalue weighted by atomic mass is 32.1. The molecule has 2 aromatic heterocycles. The average molecular weight is 605 g/mol. The van der Waals surface area contributed by atoms with E-state index in [2.05, 4.69) is 4.90 Å². The molecule has 2 aliphatic rings. The molecular formula is C34H41FN4O3S. The number of imidazole rings is 1. The van der Waals surface area contributed by atoms with Crippen LogP contribution in [0.25, 0.3) is 26.4 Å². The fourth-order valence-electron chi connectivity index (χ4n) is 6.35. The molecular weight excluding hydrogens is 563 g/mol. The zero-order valence-electron chi connectivity index (χ0n) is 25.4. The fourth-order valence-corrected chi connectivity index (χ4v) is 7.40. The number of rotatable bonds is 8. The molecule has 43 heavy (non-hydrogen) atoms. The topological polar surface area (TPSA) is 67.2 Å². The number of likely N-dealkylation sites (tertiary alicyclic amines) is 2. The Kier molecular flexibility index (Phi) is 8.56. The van der Waals surface area contributed by atoms with Crippen molar-refractivity contribution < 1.29 is 18.7 Å². The van der Waals surface area contributed by atoms with Crippen LogP contribution in [0.4, 0.5) is 9.18 Å². The zero-order chi connectivity index (χ0) is 30.1. The summed E-state index contributed by atoms with van der Waals surface area (Å²) in [6.07, 6.45) is 9.59. The first-order valence-electron chi connectivity index (χ1n) is 15.6. The molecule has 2 saturated heterocycles. The maximum absolute atomic E-state index is 15.5. The smallest absolute Gasteiger partial charge is 0.410 e. The predicted octanol–water partition coefficient (Wildman–Crippen LogP) is 8.27. The van der Waals surface area contributed by atoms with Gasteiger partial charge in [0.05, 0.1) is 22.0 Å². The average Bonchev–Trinajstić information content (AvgIpc) is 3.70. The van der Waals surface area contributed by atoms with Crippen LogP contribution in [0.5, 0.6) is 0 Å². The Balaban J connectivity index is 1.13. The summed E-state index contributed by atoms with van der Waals surface area (Å²) in [4.78, 5) is 35.4. The van der Waals surface area contributed by atoms with Gasteiger partial charge in [-0.3, -0.25) is 9.20 Å². The van der Waals surface area contributed by atoms with Crippen LogP contribution in [0.3, 0.4) is 0 Å². The van der Waals surface area contributed by atoms with Gasteiger partial charge in [-0.25, -0.2) is 14.2 Å². The van der Waals surface area contributed by atoms with Crippen molar-refractivity contribution in [1.82, 2.24) is 19.2 Å². The van der Waals surface area contributed by atoms with E-state index in [1.165, 1.54) is 49.8 Å². The number of unbranched alkanes of at least 4 members (excludes halogenated alkanes) is 1. The molecule has 1 atom stereocenters. The van der Waals surface area contributed by atoms with Crippen LogP contribution >= 0.6 is 11.3 Å². The second-order valence-electron chi connectivity index (χ2n) is 12.9. The Morgan fingerprint density at radius 3 is 2.60 bits per heavy atom. The summed E-state index contributed by atoms with van der Waals surface area (Å²) < 4.78 is 24.0. The molecule has 2 aliphatic heterocycles. The molecule has 7 nitrogen and oxygen atoms in total. The molecule has 9 heteroatoms. The molecule has 0 aliphatic carbocycles. The third kappa shape index (κ3) is 6.63. The number of ketones is 1. The van der Waals surface area contributed by atoms with E-state index in [1.807, 2.05) is 55.6 Å². The first-order valence-corrected chi connectivity index (χ1v) is 16.4. The highest BCUT2D eigenvalue weighted by molar-refractivity contribution is 7.23. The van der Waals surface area contributed by atoms with Crippen molar-refractivity contribution in [2.24, 2.45) is 0 Å². The van der Waals surface area contributed by atoms with Crippen LogP contribution in [-0.4, -0.2) is 62.8 Å². The van der Waals surface area contributed by atoms with Crippen LogP contribution < -0.4 is 0 Å². The summed E-state index contributed by atoms with van der Waals surface area (Å²) in [5, 5.41) is 0. The first-order chi connectivity index (χ1) is 20.7. The lowest BCUT2D eigenvalue weighted by Crippen LogP contribution is -2.36. The second-order valence-corrected chi connectivity index (χ2v) is 13.9. The van der Waals surface area contributed by atoms with E-state index in [-0.39, 0.29) is 23.7 Å². The summed E-state index contributed by atoms with van der Waals surface area (Å²) in [6, 6.07) is 10.8. The first kappa shape index (κ1) is 29.8. The van der Waals surface area contributed by atoms with Crippen molar-refractivity contribution in [1.29, 1.82) is 0 Å². The van der Waals surface area contributed by atoms with Crippen LogP contribution in [0.15, 0.2) is 42.6 Å². The highest BCUT2D eigenvalue weighted by Gasteiger charge is 2.33. The highest BCUT2D eigenvalue weighted by Crippen LogP contribution is 2.36. The molecule has 1 amide bonds. The number of hydrogen-bond acceptors (Lipinski definition) is 6. The molecule has 0 saturated carbocycles. The molecule has 1 unspecified atom stereocenters. The number of halogens is 1. The quantitative estimate of drug-likeness (QED) is 0.150. The number of nitrogens with zero attached hydrogens (tertiary/aromatic N) is 4. The number of ether oxygens (including phenoxy) is 1. The van der Waals surface area contributed by atoms with Gasteiger partial charge in [-0.2, -0.15) is 0 Å². The van der Waals surface area contributed by atoms with E-state index in [1.54, 1.807) is 11.0 Å². The van der Waals surface area contributed by atoms with Crippen LogP contribution in [0.1, 0.15) is 94.1 Å². The number of amides is 1. The molecule has 6 rings (SSSR count). The van der Waals surface area contributed by atoms with Gasteiger partial charge < -0.3 is 14.5 Å². The predicted molar refractivity (Wildman–Crippen MR) is 169 cm³/mol. The van der Waals surface area contributed by atoms with E-state index in [9.17, 15) is 9.59 Å². The summed E-state index contributed by atoms with van der Waals surface area (Å²) >= 11 is 1.51. The number of aromatic nitrogens is 2. The number of carbonyl (C=O) groups excluding carboxylic acids is 2. The van der Waals surface area contributed by atoms with Crippen molar-refractivity contribution in [3.05, 3.63) is 59.5 Å². The normalized spacial score (nSPS) is 18.1. The minimum Gasteiger partial charge on any atom is -0.444 e. The number of carbonyl (C=O) groups is 2. The molecule has 228 valence electrons. The van der Waals surface area contributed by atoms with E-state index in [0.717, 1.165) is 58.5 Å². The molecule has 0 bridgehead atoms. The van der Waals surface area contributed by atoms with E-state index < -0.39 is 5.60 Å². The van der Waals surface area contributed by atoms with Crippen molar-refractivity contribution in [2.45, 2.75) is 83.8 Å². The number of thiazole rings is 1. The van der Waals surface area contributed by atoms with Gasteiger partial charge in [-0.15, -0.1) is 0 Å². The van der Waals surface area contributed by atoms with Crippen molar-refractivity contribution >= 4 is 38.4 Å². The monoisotopic (exact) mass is 604 g/mol. The molecule has 0 spiro atoms. The molecule has 2 fully saturated rings. The Morgan fingerprint density at radius 2 is 1.84 bits per heavy atom. The van der Waals surface area contributed by atoms with Crippen LogP contribution in [0, 0.1) is 5.82 Å². The Bertz CT molecular complexity index is 1630. The Morgan fingerprint density at radius 1 is 1.02 bits per heavy atom. The minimum atomic E-state index is -0.582. The van der Waals surface area contributed by atoms with Crippen molar-refractivity contribution in [3.63, 3.8) is 0 Å². The van der Waals surface area contributed by atoms with Gasteiger partial charge in [-0.05, 0) is 115 Å². The molecule has 4 aromatic rings. The summed E-state index contributed by atoms with van der Waals surface area (Å²) in [5.41, 5.74) is 2.86. The number of piperidine rings is 1. The standard InChI is InChI=1S/C34H41FN4O3S/c1-34(2,3)42-33(41)38-19-9-10-28(38)23-12-14-25(26(35)20-23)27-22-39-29-15-13-24(21-31(29)43-32(39)36-27)30(40)11-5-8-18-37-16-6-4-7-17-37/h12-15,20-22,28H,4-11,16-19H2,1-3H3. The SMILES string of the molecule is CC(C)(C)OC(=O)N1CCCC1c1ccc(-c2cn3c(n2)sc2cc(C(=O)CCCCN4CCCCC4)ccc23)c(F)c1. The Hall–Kier alpha value is -3.30. The largest absolute Gasteiger partial charge is 0.444 e. The Labute approximate surface area is 256 Å². The van der Waals surface area contributed by atoms with E-state index >= 15 is 4.39 Å². The van der Waals surface area contributed by atoms with Crippen molar-refractivity contribution in [2.75, 3.05) is 26.2 Å². The lowest BCUT2D eigenvalue weighted by molar-refractivity contribution is 0.0224. The van der Waals surface area contributed by atoms with Crippen molar-refractivity contribution in [3.8, 4) is 11.3 Å². The lowest BCUT2D eigenvalue weighted by Gasteiger charge is -2.29. The molecule has 0 N–H and O–H groups in total. The third-order valence-corrected chi connectivity index (χ3v) is 9.55. The van der Waals surface area contributed by atoms with Gasteiger partial charge in [-0.1, -0.05) is 23.8 Å². The van der Waals surface area contributed by atoms with Crippen LogP contribution in [0.2, 0.25) is 0 Å². The van der Waals surface area contributed by atoms with Gasteiger partial charge in [0.1, 0.15) is 11.4 Å². The van der Waals surface area contributed by atoms with Gasteiger partial charge in [0.2, 0.25) is 0 Å². The molecule has 2 aromatic carbocycles. The number of fused-ring (bicyclic) bond motifs is 3. The molecule has 4 heterocycles. The fraction of sp³-hybridized carbons (Fsp3) is 0.500. The number of benzene rings is 2. The summed E-state index contributed by atoms with van der Waals surface area (Å²) in [6.45, 7) is 9.62. The summed E-state index contributed by atoms with van der Waals surface area (Å²) in [7, 11) is 0. The second kappa shape index (κ2) is 12.4. The van der Waals surface area contributed by atoms with Gasteiger partial charge in [0.25, 0.3) is 0 Å². The van der Waals surface area contributed by atoms with Crippen LogP contribution in [-0.2, 0) is 4.74 Å². The molecule has 0 radical (unpaired) electrons. The number of hydrogen-bond donors (Lipinski definition) is 0. The zero-order valence-corrected chi connectivity index (χ0v) is 26.2. The minimum absolute atomic E-state index is 0.182. The summed E-state index contributed by atoms with van der Waals surface area (Å²) in [5.74, 6) is -0.182. The maximum Gasteiger partial charge on any atom is 0.410 e. The van der Waals surface area contributed by atoms with E-state index in [0.29, 0.717) is 24.2 Å².